The molecule has 1 aromatic carbocycles. The molecule has 0 radical (unpaired) electrons. The van der Waals surface area contributed by atoms with Gasteiger partial charge >= 0.3 is 0 Å². The van der Waals surface area contributed by atoms with Gasteiger partial charge < -0.3 is 4.74 Å². The van der Waals surface area contributed by atoms with Crippen molar-refractivity contribution >= 4 is 39.1 Å². The molecule has 0 saturated carbocycles. The van der Waals surface area contributed by atoms with Crippen molar-refractivity contribution in [3.8, 4) is 0 Å². The number of nitrogens with zero attached hydrogens (tertiary/aromatic N) is 1. The Morgan fingerprint density at radius 2 is 2.17 bits per heavy atom. The van der Waals surface area contributed by atoms with Crippen LogP contribution in [0.1, 0.15) is 12.5 Å². The Morgan fingerprint density at radius 1 is 1.39 bits per heavy atom. The lowest BCUT2D eigenvalue weighted by Crippen LogP contribution is -2.46. The Hall–Kier alpha value is 0.200. The second-order valence-corrected chi connectivity index (χ2v) is 6.14. The molecule has 1 aliphatic rings. The van der Waals surface area contributed by atoms with Crippen LogP contribution in [0.5, 0.6) is 0 Å². The van der Waals surface area contributed by atoms with E-state index in [1.165, 1.54) is 0 Å². The fraction of sp³-hybridized carbons (Fsp3) is 0.538. The summed E-state index contributed by atoms with van der Waals surface area (Å²) in [5, 5.41) is 2.27. The van der Waals surface area contributed by atoms with Crippen molar-refractivity contribution in [1.29, 1.82) is 0 Å². The van der Waals surface area contributed by atoms with Crippen molar-refractivity contribution in [1.82, 2.24) is 4.90 Å². The highest BCUT2D eigenvalue weighted by Crippen LogP contribution is 2.24. The minimum atomic E-state index is 0.250. The van der Waals surface area contributed by atoms with Gasteiger partial charge in [0, 0.05) is 35.0 Å². The van der Waals surface area contributed by atoms with Gasteiger partial charge in [-0.05, 0) is 24.6 Å². The van der Waals surface area contributed by atoms with Crippen LogP contribution in [0, 0.1) is 0 Å². The van der Waals surface area contributed by atoms with E-state index in [1.54, 1.807) is 6.07 Å². The van der Waals surface area contributed by atoms with Crippen molar-refractivity contribution in [2.75, 3.05) is 18.4 Å². The Bertz CT molecular complexity index is 416. The van der Waals surface area contributed by atoms with Gasteiger partial charge in [0.05, 0.1) is 12.2 Å². The van der Waals surface area contributed by atoms with Crippen LogP contribution >= 0.6 is 39.1 Å². The van der Waals surface area contributed by atoms with E-state index in [1.807, 2.05) is 12.1 Å². The van der Waals surface area contributed by atoms with E-state index in [0.29, 0.717) is 5.02 Å². The van der Waals surface area contributed by atoms with Crippen LogP contribution in [0.4, 0.5) is 0 Å². The maximum absolute atomic E-state index is 6.20. The highest BCUT2D eigenvalue weighted by atomic mass is 79.9. The standard InChI is InChI=1S/C13H16BrCl2NO/c1-9-6-17(8-12(5-14)18-9)7-10-2-3-11(15)4-13(10)16/h2-4,9,12H,5-8H2,1H3. The minimum Gasteiger partial charge on any atom is -0.372 e. The summed E-state index contributed by atoms with van der Waals surface area (Å²) in [6, 6.07) is 5.67. The van der Waals surface area contributed by atoms with Crippen LogP contribution in [0.3, 0.4) is 0 Å². The fourth-order valence-corrected chi connectivity index (χ4v) is 3.07. The van der Waals surface area contributed by atoms with Gasteiger partial charge in [-0.3, -0.25) is 4.90 Å². The van der Waals surface area contributed by atoms with Crippen molar-refractivity contribution in [3.63, 3.8) is 0 Å². The molecule has 2 atom stereocenters. The van der Waals surface area contributed by atoms with Crippen LogP contribution < -0.4 is 0 Å². The Balaban J connectivity index is 2.04. The molecule has 0 aromatic heterocycles. The van der Waals surface area contributed by atoms with Crippen LogP contribution in [0.25, 0.3) is 0 Å². The van der Waals surface area contributed by atoms with Gasteiger partial charge in [-0.1, -0.05) is 45.2 Å². The number of hydrogen-bond acceptors (Lipinski definition) is 2. The Labute approximate surface area is 126 Å². The molecule has 2 unspecified atom stereocenters. The van der Waals surface area contributed by atoms with Crippen LogP contribution in [0.15, 0.2) is 18.2 Å². The maximum Gasteiger partial charge on any atom is 0.0802 e. The topological polar surface area (TPSA) is 12.5 Å². The molecule has 5 heteroatoms. The van der Waals surface area contributed by atoms with E-state index in [4.69, 9.17) is 27.9 Å². The zero-order valence-corrected chi connectivity index (χ0v) is 13.3. The second kappa shape index (κ2) is 6.58. The monoisotopic (exact) mass is 351 g/mol. The third-order valence-corrected chi connectivity index (χ3v) is 4.29. The van der Waals surface area contributed by atoms with Gasteiger partial charge in [-0.15, -0.1) is 0 Å². The van der Waals surface area contributed by atoms with Crippen LogP contribution in [-0.2, 0) is 11.3 Å². The van der Waals surface area contributed by atoms with Crippen molar-refractivity contribution in [3.05, 3.63) is 33.8 Å². The van der Waals surface area contributed by atoms with E-state index in [0.717, 1.165) is 35.6 Å². The molecule has 2 nitrogen and oxygen atoms in total. The van der Waals surface area contributed by atoms with Gasteiger partial charge in [-0.25, -0.2) is 0 Å². The van der Waals surface area contributed by atoms with Crippen molar-refractivity contribution in [2.45, 2.75) is 25.7 Å². The summed E-state index contributed by atoms with van der Waals surface area (Å²) in [5.41, 5.74) is 1.11. The van der Waals surface area contributed by atoms with E-state index in [9.17, 15) is 0 Å². The number of ether oxygens (including phenoxy) is 1. The van der Waals surface area contributed by atoms with Gasteiger partial charge in [-0.2, -0.15) is 0 Å². The molecule has 18 heavy (non-hydrogen) atoms. The lowest BCUT2D eigenvalue weighted by molar-refractivity contribution is -0.0677. The average Bonchev–Trinajstić information content (AvgIpc) is 2.32. The quantitative estimate of drug-likeness (QED) is 0.763. The SMILES string of the molecule is CC1CN(Cc2ccc(Cl)cc2Cl)CC(CBr)O1. The van der Waals surface area contributed by atoms with Crippen LogP contribution in [0.2, 0.25) is 10.0 Å². The third kappa shape index (κ3) is 3.84. The maximum atomic E-state index is 6.20. The fourth-order valence-electron chi connectivity index (χ4n) is 2.25. The summed E-state index contributed by atoms with van der Waals surface area (Å²) in [5.74, 6) is 0. The Morgan fingerprint density at radius 3 is 2.83 bits per heavy atom. The summed E-state index contributed by atoms with van der Waals surface area (Å²) in [6.07, 6.45) is 0.507. The smallest absolute Gasteiger partial charge is 0.0802 e. The molecular formula is C13H16BrCl2NO. The molecule has 1 saturated heterocycles. The lowest BCUT2D eigenvalue weighted by atomic mass is 10.1. The molecule has 1 heterocycles. The van der Waals surface area contributed by atoms with E-state index in [2.05, 4.69) is 27.8 Å². The number of halogens is 3. The molecular weight excluding hydrogens is 337 g/mol. The van der Waals surface area contributed by atoms with Gasteiger partial charge in [0.1, 0.15) is 0 Å². The van der Waals surface area contributed by atoms with Crippen LogP contribution in [-0.4, -0.2) is 35.5 Å². The highest BCUT2D eigenvalue weighted by Gasteiger charge is 2.24. The molecule has 1 aliphatic heterocycles. The minimum absolute atomic E-state index is 0.250. The molecule has 1 fully saturated rings. The summed E-state index contributed by atoms with van der Waals surface area (Å²) in [4.78, 5) is 2.37. The molecule has 2 rings (SSSR count). The predicted octanol–water partition coefficient (Wildman–Crippen LogP) is 3.98. The van der Waals surface area contributed by atoms with Gasteiger partial charge in [0.15, 0.2) is 0 Å². The molecule has 0 spiro atoms. The zero-order chi connectivity index (χ0) is 13.1. The number of benzene rings is 1. The number of morpholine rings is 1. The lowest BCUT2D eigenvalue weighted by Gasteiger charge is -2.36. The highest BCUT2D eigenvalue weighted by molar-refractivity contribution is 9.09. The summed E-state index contributed by atoms with van der Waals surface area (Å²) in [6.45, 7) is 4.80. The first-order valence-electron chi connectivity index (χ1n) is 5.96. The summed E-state index contributed by atoms with van der Waals surface area (Å²) in [7, 11) is 0. The number of rotatable bonds is 3. The molecule has 0 bridgehead atoms. The van der Waals surface area contributed by atoms with E-state index in [-0.39, 0.29) is 12.2 Å². The van der Waals surface area contributed by atoms with Gasteiger partial charge in [0.25, 0.3) is 0 Å². The van der Waals surface area contributed by atoms with Gasteiger partial charge in [0.2, 0.25) is 0 Å². The summed E-state index contributed by atoms with van der Waals surface area (Å²) >= 11 is 15.6. The Kier molecular flexibility index (Phi) is 5.34. The number of alkyl halides is 1. The number of hydrogen-bond donors (Lipinski definition) is 0. The average molecular weight is 353 g/mol. The largest absolute Gasteiger partial charge is 0.372 e. The summed E-state index contributed by atoms with van der Waals surface area (Å²) < 4.78 is 5.81. The first kappa shape index (κ1) is 14.6. The molecule has 0 amide bonds. The van der Waals surface area contributed by atoms with Crippen molar-refractivity contribution < 1.29 is 4.74 Å². The van der Waals surface area contributed by atoms with E-state index >= 15 is 0 Å². The van der Waals surface area contributed by atoms with Crippen molar-refractivity contribution in [2.24, 2.45) is 0 Å². The first-order valence-corrected chi connectivity index (χ1v) is 7.84. The predicted molar refractivity (Wildman–Crippen MR) is 79.9 cm³/mol. The zero-order valence-electron chi connectivity index (χ0n) is 10.2. The molecule has 0 N–H and O–H groups in total. The molecule has 1 aromatic rings. The normalized spacial score (nSPS) is 25.3. The first-order chi connectivity index (χ1) is 8.58. The molecule has 0 aliphatic carbocycles. The van der Waals surface area contributed by atoms with E-state index < -0.39 is 0 Å². The third-order valence-electron chi connectivity index (χ3n) is 2.98. The second-order valence-electron chi connectivity index (χ2n) is 4.65. The molecule has 100 valence electrons.